The summed E-state index contributed by atoms with van der Waals surface area (Å²) in [6.07, 6.45) is 6.46. The highest BCUT2D eigenvalue weighted by molar-refractivity contribution is 6.03. The molecule has 2 aromatic heterocycles. The maximum absolute atomic E-state index is 4.53. The largest absolute Gasteiger partial charge is 0.368 e. The minimum Gasteiger partial charge on any atom is -0.368 e. The van der Waals surface area contributed by atoms with Gasteiger partial charge in [-0.1, -0.05) is 0 Å². The van der Waals surface area contributed by atoms with Crippen LogP contribution in [-0.4, -0.2) is 42.5 Å². The van der Waals surface area contributed by atoms with Crippen molar-refractivity contribution in [2.75, 3.05) is 31.6 Å². The molecule has 0 fully saturated rings. The number of nitrogens with zero attached hydrogens (tertiary/aromatic N) is 4. The number of hydrogen-bond acceptors (Lipinski definition) is 5. The summed E-state index contributed by atoms with van der Waals surface area (Å²) < 4.78 is 0. The Bertz CT molecular complexity index is 624. The molecule has 0 radical (unpaired) electrons. The van der Waals surface area contributed by atoms with Crippen molar-refractivity contribution in [1.29, 1.82) is 0 Å². The Kier molecular flexibility index (Phi) is 4.09. The third kappa shape index (κ3) is 3.18. The van der Waals surface area contributed by atoms with Gasteiger partial charge in [-0.15, -0.1) is 0 Å². The normalized spacial score (nSPS) is 13.7. The zero-order valence-electron chi connectivity index (χ0n) is 12.2. The Balaban J connectivity index is 1.74. The van der Waals surface area contributed by atoms with E-state index >= 15 is 0 Å². The van der Waals surface area contributed by atoms with Crippen molar-refractivity contribution in [2.24, 2.45) is 4.99 Å². The van der Waals surface area contributed by atoms with Gasteiger partial charge in [-0.3, -0.25) is 9.98 Å². The van der Waals surface area contributed by atoms with Crippen LogP contribution in [0.5, 0.6) is 0 Å². The van der Waals surface area contributed by atoms with Gasteiger partial charge in [-0.05, 0) is 36.2 Å². The lowest BCUT2D eigenvalue weighted by molar-refractivity contribution is 0.856. The molecule has 0 unspecified atom stereocenters. The van der Waals surface area contributed by atoms with Crippen LogP contribution in [0.4, 0.5) is 5.82 Å². The molecule has 0 aliphatic carbocycles. The smallest absolute Gasteiger partial charge is 0.139 e. The van der Waals surface area contributed by atoms with Crippen molar-refractivity contribution >= 4 is 11.7 Å². The van der Waals surface area contributed by atoms with E-state index in [1.54, 1.807) is 0 Å². The summed E-state index contributed by atoms with van der Waals surface area (Å²) in [6, 6.07) is 8.13. The van der Waals surface area contributed by atoms with E-state index in [2.05, 4.69) is 50.4 Å². The van der Waals surface area contributed by atoms with Crippen molar-refractivity contribution in [3.8, 4) is 0 Å². The third-order valence-corrected chi connectivity index (χ3v) is 3.56. The van der Waals surface area contributed by atoms with E-state index in [0.717, 1.165) is 43.3 Å². The molecule has 0 atom stereocenters. The van der Waals surface area contributed by atoms with Gasteiger partial charge in [-0.2, -0.15) is 0 Å². The van der Waals surface area contributed by atoms with E-state index in [0.29, 0.717) is 0 Å². The predicted octanol–water partition coefficient (Wildman–Crippen LogP) is 1.51. The molecule has 0 saturated carbocycles. The molecule has 0 spiro atoms. The highest BCUT2D eigenvalue weighted by Gasteiger charge is 2.15. The molecule has 0 amide bonds. The zero-order chi connectivity index (χ0) is 14.5. The molecule has 3 rings (SSSR count). The Hall–Kier alpha value is -2.43. The van der Waals surface area contributed by atoms with Gasteiger partial charge in [0.25, 0.3) is 0 Å². The van der Waals surface area contributed by atoms with Crippen LogP contribution in [0.15, 0.2) is 47.8 Å². The molecular weight excluding hydrogens is 262 g/mol. The van der Waals surface area contributed by atoms with Gasteiger partial charge in [0.2, 0.25) is 0 Å². The van der Waals surface area contributed by atoms with Crippen molar-refractivity contribution in [1.82, 2.24) is 15.3 Å². The third-order valence-electron chi connectivity index (χ3n) is 3.56. The fourth-order valence-electron chi connectivity index (χ4n) is 2.42. The summed E-state index contributed by atoms with van der Waals surface area (Å²) in [5.41, 5.74) is 2.36. The number of likely N-dealkylation sites (N-methyl/N-ethyl adjacent to an activating group) is 1. The number of pyridine rings is 2. The number of nitrogens with one attached hydrogen (secondary N) is 1. The van der Waals surface area contributed by atoms with Crippen molar-refractivity contribution in [3.05, 3.63) is 54.0 Å². The van der Waals surface area contributed by atoms with Crippen LogP contribution < -0.4 is 10.2 Å². The lowest BCUT2D eigenvalue weighted by Crippen LogP contribution is -2.27. The SMILES string of the molecule is CN(CCc1ccncc1)c1ncccc1C1=NCCN1. The summed E-state index contributed by atoms with van der Waals surface area (Å²) in [5.74, 6) is 1.92. The second-order valence-electron chi connectivity index (χ2n) is 5.06. The maximum Gasteiger partial charge on any atom is 0.139 e. The fourth-order valence-corrected chi connectivity index (χ4v) is 2.42. The molecule has 2 aromatic rings. The van der Waals surface area contributed by atoms with Crippen LogP contribution >= 0.6 is 0 Å². The summed E-state index contributed by atoms with van der Waals surface area (Å²) in [7, 11) is 2.07. The molecule has 5 heteroatoms. The molecule has 0 bridgehead atoms. The number of aliphatic imine (C=N–C) groups is 1. The standard InChI is InChI=1S/C16H19N5/c1-21(12-6-13-4-8-17-9-5-13)16-14(3-2-7-20-16)15-18-10-11-19-15/h2-5,7-9H,6,10-12H2,1H3,(H,18,19). The lowest BCUT2D eigenvalue weighted by atomic mass is 10.2. The molecule has 1 aliphatic heterocycles. The number of amidine groups is 1. The summed E-state index contributed by atoms with van der Waals surface area (Å²) in [6.45, 7) is 2.65. The van der Waals surface area contributed by atoms with Crippen LogP contribution in [-0.2, 0) is 6.42 Å². The number of aromatic nitrogens is 2. The molecule has 5 nitrogen and oxygen atoms in total. The highest BCUT2D eigenvalue weighted by atomic mass is 15.2. The summed E-state index contributed by atoms with van der Waals surface area (Å²) in [5, 5.41) is 3.32. The van der Waals surface area contributed by atoms with E-state index < -0.39 is 0 Å². The average molecular weight is 281 g/mol. The first-order chi connectivity index (χ1) is 10.3. The Labute approximate surface area is 124 Å². The van der Waals surface area contributed by atoms with E-state index in [9.17, 15) is 0 Å². The fraction of sp³-hybridized carbons (Fsp3) is 0.312. The molecule has 1 aliphatic rings. The molecule has 21 heavy (non-hydrogen) atoms. The molecule has 1 N–H and O–H groups in total. The van der Waals surface area contributed by atoms with E-state index in [1.165, 1.54) is 5.56 Å². The molecule has 0 aromatic carbocycles. The first kappa shape index (κ1) is 13.5. The van der Waals surface area contributed by atoms with Crippen LogP contribution in [0.2, 0.25) is 0 Å². The van der Waals surface area contributed by atoms with Gasteiger partial charge in [0.05, 0.1) is 12.1 Å². The minimum absolute atomic E-state index is 0.838. The Morgan fingerprint density at radius 3 is 2.81 bits per heavy atom. The van der Waals surface area contributed by atoms with Gasteiger partial charge < -0.3 is 10.2 Å². The molecule has 108 valence electrons. The van der Waals surface area contributed by atoms with Crippen LogP contribution in [0.1, 0.15) is 11.1 Å². The van der Waals surface area contributed by atoms with E-state index in [4.69, 9.17) is 0 Å². The summed E-state index contributed by atoms with van der Waals surface area (Å²) in [4.78, 5) is 15.3. The van der Waals surface area contributed by atoms with Crippen molar-refractivity contribution < 1.29 is 0 Å². The van der Waals surface area contributed by atoms with Gasteiger partial charge in [-0.25, -0.2) is 4.98 Å². The second-order valence-corrected chi connectivity index (χ2v) is 5.06. The maximum atomic E-state index is 4.53. The Morgan fingerprint density at radius 1 is 1.19 bits per heavy atom. The minimum atomic E-state index is 0.838. The highest BCUT2D eigenvalue weighted by Crippen LogP contribution is 2.17. The monoisotopic (exact) mass is 281 g/mol. The van der Waals surface area contributed by atoms with Gasteiger partial charge in [0, 0.05) is 38.7 Å². The average Bonchev–Trinajstić information content (AvgIpc) is 3.08. The van der Waals surface area contributed by atoms with Gasteiger partial charge >= 0.3 is 0 Å². The molecule has 3 heterocycles. The second kappa shape index (κ2) is 6.35. The van der Waals surface area contributed by atoms with Crippen molar-refractivity contribution in [2.45, 2.75) is 6.42 Å². The predicted molar refractivity (Wildman–Crippen MR) is 84.9 cm³/mol. The van der Waals surface area contributed by atoms with E-state index in [1.807, 2.05) is 24.7 Å². The van der Waals surface area contributed by atoms with Crippen LogP contribution in [0.3, 0.4) is 0 Å². The molecule has 0 saturated heterocycles. The van der Waals surface area contributed by atoms with Crippen LogP contribution in [0, 0.1) is 0 Å². The quantitative estimate of drug-likeness (QED) is 0.902. The van der Waals surface area contributed by atoms with Gasteiger partial charge in [0.15, 0.2) is 0 Å². The lowest BCUT2D eigenvalue weighted by Gasteiger charge is -2.21. The topological polar surface area (TPSA) is 53.4 Å². The van der Waals surface area contributed by atoms with Crippen molar-refractivity contribution in [3.63, 3.8) is 0 Å². The number of anilines is 1. The first-order valence-electron chi connectivity index (χ1n) is 7.18. The Morgan fingerprint density at radius 2 is 2.05 bits per heavy atom. The van der Waals surface area contributed by atoms with E-state index in [-0.39, 0.29) is 0 Å². The number of rotatable bonds is 5. The van der Waals surface area contributed by atoms with Crippen LogP contribution in [0.25, 0.3) is 0 Å². The number of hydrogen-bond donors (Lipinski definition) is 1. The first-order valence-corrected chi connectivity index (χ1v) is 7.18. The van der Waals surface area contributed by atoms with Gasteiger partial charge in [0.1, 0.15) is 11.7 Å². The molecular formula is C16H19N5. The summed E-state index contributed by atoms with van der Waals surface area (Å²) >= 11 is 0. The zero-order valence-corrected chi connectivity index (χ0v) is 12.2.